The zero-order chi connectivity index (χ0) is 21.4. The normalized spacial score (nSPS) is 22.2. The standard InChI is InChI=1S/C21H18N8O2S/c1-27-8-22-20-18(27)21(30)29(9-23-20)7-16-25-19(26-31-16)17-12-5-28(6-13(12)17)11-2-3-15-14(4-11)24-10-32-15/h2-4,8-10,12-13,17H,5-7H2,1H3/t12-,13+,17-. The molecule has 5 aromatic rings. The summed E-state index contributed by atoms with van der Waals surface area (Å²) in [4.78, 5) is 32.5. The molecule has 3 atom stereocenters. The van der Waals surface area contributed by atoms with Crippen LogP contribution in [0.4, 0.5) is 5.69 Å². The summed E-state index contributed by atoms with van der Waals surface area (Å²) in [6.07, 6.45) is 3.06. The Morgan fingerprint density at radius 3 is 2.88 bits per heavy atom. The minimum absolute atomic E-state index is 0.175. The molecule has 4 aromatic heterocycles. The molecule has 1 saturated heterocycles. The van der Waals surface area contributed by atoms with Crippen LogP contribution in [0.5, 0.6) is 0 Å². The molecule has 2 fully saturated rings. The number of hydrogen-bond donors (Lipinski definition) is 0. The summed E-state index contributed by atoms with van der Waals surface area (Å²) < 4.78 is 9.84. The summed E-state index contributed by atoms with van der Waals surface area (Å²) >= 11 is 1.66. The summed E-state index contributed by atoms with van der Waals surface area (Å²) in [5.41, 5.74) is 4.88. The number of rotatable bonds is 4. The second-order valence-electron chi connectivity index (χ2n) is 8.51. The average Bonchev–Trinajstić information content (AvgIpc) is 3.38. The molecular weight excluding hydrogens is 428 g/mol. The van der Waals surface area contributed by atoms with Crippen LogP contribution in [0.3, 0.4) is 0 Å². The lowest BCUT2D eigenvalue weighted by molar-refractivity contribution is 0.363. The lowest BCUT2D eigenvalue weighted by Gasteiger charge is -2.21. The molecule has 1 aliphatic carbocycles. The molecule has 0 N–H and O–H groups in total. The van der Waals surface area contributed by atoms with Crippen LogP contribution in [0, 0.1) is 11.8 Å². The fourth-order valence-electron chi connectivity index (χ4n) is 4.96. The molecule has 160 valence electrons. The Bertz CT molecular complexity index is 1540. The van der Waals surface area contributed by atoms with Gasteiger partial charge in [-0.05, 0) is 30.0 Å². The van der Waals surface area contributed by atoms with Gasteiger partial charge in [-0.15, -0.1) is 11.3 Å². The Kier molecular flexibility index (Phi) is 3.63. The van der Waals surface area contributed by atoms with E-state index in [1.165, 1.54) is 21.3 Å². The number of anilines is 1. The summed E-state index contributed by atoms with van der Waals surface area (Å²) in [7, 11) is 1.78. The van der Waals surface area contributed by atoms with Gasteiger partial charge in [0, 0.05) is 31.7 Å². The van der Waals surface area contributed by atoms with E-state index in [4.69, 9.17) is 4.52 Å². The van der Waals surface area contributed by atoms with Gasteiger partial charge in [-0.3, -0.25) is 9.36 Å². The molecule has 0 unspecified atom stereocenters. The highest BCUT2D eigenvalue weighted by molar-refractivity contribution is 7.16. The van der Waals surface area contributed by atoms with E-state index >= 15 is 0 Å². The average molecular weight is 446 g/mol. The second-order valence-corrected chi connectivity index (χ2v) is 9.40. The zero-order valence-electron chi connectivity index (χ0n) is 17.1. The van der Waals surface area contributed by atoms with E-state index in [2.05, 4.69) is 48.2 Å². The molecular formula is C21H18N8O2S. The van der Waals surface area contributed by atoms with Crippen molar-refractivity contribution in [2.75, 3.05) is 18.0 Å². The van der Waals surface area contributed by atoms with Crippen molar-refractivity contribution in [2.45, 2.75) is 12.5 Å². The first-order chi connectivity index (χ1) is 15.7. The van der Waals surface area contributed by atoms with Crippen LogP contribution in [0.15, 0.2) is 45.7 Å². The number of aromatic nitrogens is 7. The van der Waals surface area contributed by atoms with Crippen LogP contribution >= 0.6 is 11.3 Å². The predicted molar refractivity (Wildman–Crippen MR) is 118 cm³/mol. The van der Waals surface area contributed by atoms with E-state index in [1.807, 2.05) is 5.51 Å². The highest BCUT2D eigenvalue weighted by Gasteiger charge is 2.58. The first-order valence-corrected chi connectivity index (χ1v) is 11.3. The number of thiazole rings is 1. The summed E-state index contributed by atoms with van der Waals surface area (Å²) in [6, 6.07) is 6.50. The molecule has 1 aromatic carbocycles. The van der Waals surface area contributed by atoms with Crippen molar-refractivity contribution in [1.82, 2.24) is 34.2 Å². The lowest BCUT2D eigenvalue weighted by atomic mass is 10.2. The van der Waals surface area contributed by atoms with Crippen LogP contribution in [0.2, 0.25) is 0 Å². The van der Waals surface area contributed by atoms with Gasteiger partial charge in [0.1, 0.15) is 12.9 Å². The smallest absolute Gasteiger partial charge is 0.280 e. The van der Waals surface area contributed by atoms with Crippen LogP contribution < -0.4 is 10.5 Å². The largest absolute Gasteiger partial charge is 0.371 e. The number of benzene rings is 1. The number of hydrogen-bond acceptors (Lipinski definition) is 9. The predicted octanol–water partition coefficient (Wildman–Crippen LogP) is 2.02. The Morgan fingerprint density at radius 2 is 2.00 bits per heavy atom. The van der Waals surface area contributed by atoms with Crippen molar-refractivity contribution in [3.8, 4) is 0 Å². The van der Waals surface area contributed by atoms with Crippen molar-refractivity contribution < 1.29 is 4.52 Å². The molecule has 5 heterocycles. The Balaban J connectivity index is 1.07. The highest BCUT2D eigenvalue weighted by atomic mass is 32.1. The van der Waals surface area contributed by atoms with Gasteiger partial charge < -0.3 is 14.0 Å². The molecule has 10 nitrogen and oxygen atoms in total. The Morgan fingerprint density at radius 1 is 1.16 bits per heavy atom. The quantitative estimate of drug-likeness (QED) is 0.413. The lowest BCUT2D eigenvalue weighted by Crippen LogP contribution is -2.23. The molecule has 7 rings (SSSR count). The Labute approximate surface area is 185 Å². The summed E-state index contributed by atoms with van der Waals surface area (Å²) in [5.74, 6) is 2.54. The topological polar surface area (TPSA) is 108 Å². The van der Waals surface area contributed by atoms with E-state index in [0.29, 0.717) is 34.8 Å². The van der Waals surface area contributed by atoms with Gasteiger partial charge in [0.05, 0.1) is 22.1 Å². The summed E-state index contributed by atoms with van der Waals surface area (Å²) in [6.45, 7) is 2.16. The SMILES string of the molecule is Cn1cnc2ncn(Cc3nc([C@@H]4[C@@H]5CN(c6ccc7scnc7c6)C[C@@H]54)no3)c(=O)c21. The molecule has 32 heavy (non-hydrogen) atoms. The fourth-order valence-corrected chi connectivity index (χ4v) is 5.62. The minimum Gasteiger partial charge on any atom is -0.371 e. The van der Waals surface area contributed by atoms with Crippen molar-refractivity contribution in [3.63, 3.8) is 0 Å². The van der Waals surface area contributed by atoms with Crippen LogP contribution in [-0.4, -0.2) is 47.3 Å². The third-order valence-corrected chi connectivity index (χ3v) is 7.47. The van der Waals surface area contributed by atoms with Gasteiger partial charge >= 0.3 is 0 Å². The van der Waals surface area contributed by atoms with E-state index < -0.39 is 0 Å². The van der Waals surface area contributed by atoms with E-state index in [0.717, 1.165) is 24.4 Å². The van der Waals surface area contributed by atoms with Gasteiger partial charge in [0.25, 0.3) is 5.56 Å². The van der Waals surface area contributed by atoms with Crippen molar-refractivity contribution >= 4 is 38.4 Å². The molecule has 0 radical (unpaired) electrons. The van der Waals surface area contributed by atoms with Gasteiger partial charge in [-0.25, -0.2) is 15.0 Å². The maximum Gasteiger partial charge on any atom is 0.280 e. The van der Waals surface area contributed by atoms with Gasteiger partial charge in [-0.2, -0.15) is 4.98 Å². The van der Waals surface area contributed by atoms with Crippen molar-refractivity contribution in [2.24, 2.45) is 18.9 Å². The van der Waals surface area contributed by atoms with E-state index in [-0.39, 0.29) is 12.1 Å². The number of piperidine rings is 1. The fraction of sp³-hybridized carbons (Fsp3) is 0.333. The van der Waals surface area contributed by atoms with Crippen LogP contribution in [-0.2, 0) is 13.6 Å². The molecule has 0 bridgehead atoms. The highest BCUT2D eigenvalue weighted by Crippen LogP contribution is 2.58. The summed E-state index contributed by atoms with van der Waals surface area (Å²) in [5, 5.41) is 4.22. The number of fused-ring (bicyclic) bond motifs is 3. The molecule has 1 saturated carbocycles. The molecule has 2 aliphatic rings. The van der Waals surface area contributed by atoms with Gasteiger partial charge in [0.2, 0.25) is 5.89 Å². The first-order valence-electron chi connectivity index (χ1n) is 10.4. The molecule has 0 spiro atoms. The molecule has 11 heteroatoms. The minimum atomic E-state index is -0.175. The third kappa shape index (κ3) is 2.63. The number of imidazole rings is 1. The Hall–Kier alpha value is -3.60. The van der Waals surface area contributed by atoms with Crippen LogP contribution in [0.1, 0.15) is 17.6 Å². The molecule has 0 amide bonds. The first kappa shape index (κ1) is 18.0. The second kappa shape index (κ2) is 6.45. The molecule has 1 aliphatic heterocycles. The van der Waals surface area contributed by atoms with Crippen molar-refractivity contribution in [1.29, 1.82) is 0 Å². The van der Waals surface area contributed by atoms with E-state index in [9.17, 15) is 4.79 Å². The van der Waals surface area contributed by atoms with Gasteiger partial charge in [0.15, 0.2) is 17.0 Å². The number of nitrogens with zero attached hydrogens (tertiary/aromatic N) is 8. The van der Waals surface area contributed by atoms with Gasteiger partial charge in [-0.1, -0.05) is 5.16 Å². The maximum absolute atomic E-state index is 12.7. The van der Waals surface area contributed by atoms with Crippen molar-refractivity contribution in [3.05, 3.63) is 58.4 Å². The zero-order valence-corrected chi connectivity index (χ0v) is 17.9. The van der Waals surface area contributed by atoms with E-state index in [1.54, 1.807) is 29.3 Å². The monoisotopic (exact) mass is 446 g/mol. The maximum atomic E-state index is 12.7. The van der Waals surface area contributed by atoms with Crippen LogP contribution in [0.25, 0.3) is 21.4 Å². The number of aryl methyl sites for hydroxylation is 1. The third-order valence-electron chi connectivity index (χ3n) is 6.66.